The first-order valence-corrected chi connectivity index (χ1v) is 5.92. The van der Waals surface area contributed by atoms with E-state index in [-0.39, 0.29) is 5.38 Å². The molecule has 4 nitrogen and oxygen atoms in total. The van der Waals surface area contributed by atoms with Gasteiger partial charge in [0.1, 0.15) is 12.2 Å². The summed E-state index contributed by atoms with van der Waals surface area (Å²) in [5, 5.41) is 0.658. The van der Waals surface area contributed by atoms with Crippen LogP contribution in [0.2, 0.25) is 0 Å². The summed E-state index contributed by atoms with van der Waals surface area (Å²) in [6, 6.07) is 6.43. The minimum atomic E-state index is -0.399. The van der Waals surface area contributed by atoms with Crippen LogP contribution in [0.5, 0.6) is 11.5 Å². The summed E-state index contributed by atoms with van der Waals surface area (Å²) in [5.41, 5.74) is 0.0600. The third-order valence-electron chi connectivity index (χ3n) is 2.37. The minimum Gasteiger partial charge on any atom is -0.493 e. The Morgan fingerprint density at radius 1 is 1.33 bits per heavy atom. The van der Waals surface area contributed by atoms with Crippen molar-refractivity contribution in [2.45, 2.75) is 12.3 Å². The first-order valence-electron chi connectivity index (χ1n) is 5.49. The molecule has 1 heterocycles. The second-order valence-corrected chi connectivity index (χ2v) is 4.63. The predicted octanol–water partition coefficient (Wildman–Crippen LogP) is 2.81. The molecule has 0 fully saturated rings. The van der Waals surface area contributed by atoms with E-state index in [9.17, 15) is 4.79 Å². The molecule has 1 unspecified atom stereocenters. The lowest BCUT2D eigenvalue weighted by molar-refractivity contribution is 0.296. The molecule has 0 saturated carbocycles. The molecule has 96 valence electrons. The van der Waals surface area contributed by atoms with Crippen LogP contribution in [-0.2, 0) is 0 Å². The van der Waals surface area contributed by atoms with Crippen molar-refractivity contribution in [1.29, 1.82) is 0 Å². The number of hydrogen-bond acceptors (Lipinski definition) is 4. The quantitative estimate of drug-likeness (QED) is 0.632. The van der Waals surface area contributed by atoms with Crippen molar-refractivity contribution in [2.75, 3.05) is 13.7 Å². The van der Waals surface area contributed by atoms with E-state index in [0.29, 0.717) is 23.7 Å². The molecule has 0 bridgehead atoms. The summed E-state index contributed by atoms with van der Waals surface area (Å²) < 4.78 is 15.8. The van der Waals surface area contributed by atoms with Gasteiger partial charge in [-0.25, -0.2) is 4.79 Å². The van der Waals surface area contributed by atoms with Gasteiger partial charge in [0.05, 0.1) is 12.5 Å². The monoisotopic (exact) mass is 268 g/mol. The van der Waals surface area contributed by atoms with Crippen LogP contribution < -0.4 is 15.1 Å². The molecule has 18 heavy (non-hydrogen) atoms. The Bertz CT molecular complexity index is 603. The van der Waals surface area contributed by atoms with Gasteiger partial charge in [-0.05, 0) is 19.1 Å². The van der Waals surface area contributed by atoms with Gasteiger partial charge < -0.3 is 13.9 Å². The van der Waals surface area contributed by atoms with Crippen molar-refractivity contribution >= 4 is 22.6 Å². The molecule has 1 aromatic carbocycles. The van der Waals surface area contributed by atoms with Crippen LogP contribution in [-0.4, -0.2) is 19.1 Å². The van der Waals surface area contributed by atoms with Crippen molar-refractivity contribution in [3.8, 4) is 11.5 Å². The highest BCUT2D eigenvalue weighted by Crippen LogP contribution is 2.32. The van der Waals surface area contributed by atoms with E-state index in [4.69, 9.17) is 25.5 Å². The molecular formula is C13H13ClO4. The van der Waals surface area contributed by atoms with Crippen molar-refractivity contribution < 1.29 is 13.9 Å². The van der Waals surface area contributed by atoms with Gasteiger partial charge in [-0.3, -0.25) is 0 Å². The number of benzene rings is 1. The third kappa shape index (κ3) is 2.76. The number of methoxy groups -OCH3 is 1. The molecule has 0 spiro atoms. The average molecular weight is 269 g/mol. The fourth-order valence-corrected chi connectivity index (χ4v) is 1.62. The number of halogens is 1. The maximum atomic E-state index is 11.2. The minimum absolute atomic E-state index is 0.117. The summed E-state index contributed by atoms with van der Waals surface area (Å²) in [7, 11) is 1.55. The summed E-state index contributed by atoms with van der Waals surface area (Å²) in [6.45, 7) is 2.18. The Hall–Kier alpha value is -1.68. The van der Waals surface area contributed by atoms with Gasteiger partial charge in [0.2, 0.25) is 0 Å². The first-order chi connectivity index (χ1) is 8.60. The van der Waals surface area contributed by atoms with Crippen molar-refractivity contribution in [3.63, 3.8) is 0 Å². The maximum Gasteiger partial charge on any atom is 0.336 e. The summed E-state index contributed by atoms with van der Waals surface area (Å²) >= 11 is 5.83. The summed E-state index contributed by atoms with van der Waals surface area (Å²) in [6.07, 6.45) is 0. The highest BCUT2D eigenvalue weighted by atomic mass is 35.5. The second kappa shape index (κ2) is 5.31. The molecule has 2 aromatic rings. The van der Waals surface area contributed by atoms with Gasteiger partial charge >= 0.3 is 5.63 Å². The molecule has 0 aliphatic heterocycles. The van der Waals surface area contributed by atoms with E-state index in [1.54, 1.807) is 25.3 Å². The smallest absolute Gasteiger partial charge is 0.336 e. The fourth-order valence-electron chi connectivity index (χ4n) is 1.55. The van der Waals surface area contributed by atoms with Crippen LogP contribution in [0.3, 0.4) is 0 Å². The lowest BCUT2D eigenvalue weighted by Gasteiger charge is -2.12. The topological polar surface area (TPSA) is 48.7 Å². The molecule has 0 aliphatic rings. The van der Waals surface area contributed by atoms with Gasteiger partial charge in [0, 0.05) is 17.5 Å². The molecule has 0 N–H and O–H groups in total. The fraction of sp³-hybridized carbons (Fsp3) is 0.308. The standard InChI is InChI=1S/C13H13ClO4/c1-8(14)7-17-12-6-10-9(5-11(12)16-2)3-4-13(15)18-10/h3-6,8H,7H2,1-2H3. The highest BCUT2D eigenvalue weighted by molar-refractivity contribution is 6.20. The second-order valence-electron chi connectivity index (χ2n) is 3.89. The number of rotatable bonds is 4. The van der Waals surface area contributed by atoms with Crippen molar-refractivity contribution in [1.82, 2.24) is 0 Å². The van der Waals surface area contributed by atoms with E-state index in [1.807, 2.05) is 6.92 Å². The van der Waals surface area contributed by atoms with Gasteiger partial charge in [-0.15, -0.1) is 11.6 Å². The number of ether oxygens (including phenoxy) is 2. The van der Waals surface area contributed by atoms with Crippen LogP contribution in [0.4, 0.5) is 0 Å². The van der Waals surface area contributed by atoms with Crippen LogP contribution in [0.1, 0.15) is 6.92 Å². The predicted molar refractivity (Wildman–Crippen MR) is 69.8 cm³/mol. The zero-order valence-corrected chi connectivity index (χ0v) is 10.9. The molecule has 2 rings (SSSR count). The lowest BCUT2D eigenvalue weighted by atomic mass is 10.2. The molecule has 0 saturated heterocycles. The van der Waals surface area contributed by atoms with Gasteiger partial charge in [-0.2, -0.15) is 0 Å². The Kier molecular flexibility index (Phi) is 3.77. The molecule has 1 aromatic heterocycles. The zero-order valence-electron chi connectivity index (χ0n) is 10.1. The third-order valence-corrected chi connectivity index (χ3v) is 2.50. The summed E-state index contributed by atoms with van der Waals surface area (Å²) in [4.78, 5) is 11.2. The van der Waals surface area contributed by atoms with Crippen molar-refractivity contribution in [3.05, 3.63) is 34.7 Å². The Balaban J connectivity index is 2.46. The normalized spacial score (nSPS) is 12.4. The lowest BCUT2D eigenvalue weighted by Crippen LogP contribution is -2.08. The maximum absolute atomic E-state index is 11.2. The average Bonchev–Trinajstić information content (AvgIpc) is 2.35. The van der Waals surface area contributed by atoms with Crippen LogP contribution in [0.25, 0.3) is 11.0 Å². The van der Waals surface area contributed by atoms with Gasteiger partial charge in [0.15, 0.2) is 11.5 Å². The molecule has 1 atom stereocenters. The van der Waals surface area contributed by atoms with Crippen LogP contribution in [0, 0.1) is 0 Å². The highest BCUT2D eigenvalue weighted by Gasteiger charge is 2.09. The Morgan fingerprint density at radius 3 is 2.78 bits per heavy atom. The number of alkyl halides is 1. The molecule has 0 radical (unpaired) electrons. The molecular weight excluding hydrogens is 256 g/mol. The molecule has 0 amide bonds. The molecule has 0 aliphatic carbocycles. The van der Waals surface area contributed by atoms with Gasteiger partial charge in [0.25, 0.3) is 0 Å². The Morgan fingerprint density at radius 2 is 2.11 bits per heavy atom. The first kappa shape index (κ1) is 12.8. The van der Waals surface area contributed by atoms with Crippen LogP contribution in [0.15, 0.2) is 33.5 Å². The van der Waals surface area contributed by atoms with E-state index >= 15 is 0 Å². The van der Waals surface area contributed by atoms with Crippen LogP contribution >= 0.6 is 11.6 Å². The van der Waals surface area contributed by atoms with E-state index in [0.717, 1.165) is 5.39 Å². The van der Waals surface area contributed by atoms with E-state index in [1.165, 1.54) is 6.07 Å². The zero-order chi connectivity index (χ0) is 13.1. The van der Waals surface area contributed by atoms with Crippen molar-refractivity contribution in [2.24, 2.45) is 0 Å². The number of fused-ring (bicyclic) bond motifs is 1. The largest absolute Gasteiger partial charge is 0.493 e. The SMILES string of the molecule is COc1cc2ccc(=O)oc2cc1OCC(C)Cl. The number of hydrogen-bond donors (Lipinski definition) is 0. The van der Waals surface area contributed by atoms with E-state index < -0.39 is 5.63 Å². The van der Waals surface area contributed by atoms with E-state index in [2.05, 4.69) is 0 Å². The summed E-state index contributed by atoms with van der Waals surface area (Å²) in [5.74, 6) is 1.08. The van der Waals surface area contributed by atoms with Gasteiger partial charge in [-0.1, -0.05) is 0 Å². The Labute approximate surface area is 109 Å². The molecule has 5 heteroatoms.